The molecule has 6 rings (SSSR count). The monoisotopic (exact) mass is 497 g/mol. The van der Waals surface area contributed by atoms with Crippen molar-refractivity contribution in [2.24, 2.45) is 0 Å². The topological polar surface area (TPSA) is 117 Å². The molecule has 0 radical (unpaired) electrons. The minimum atomic E-state index is -0.713. The van der Waals surface area contributed by atoms with Crippen LogP contribution in [0.2, 0.25) is 0 Å². The molecule has 1 aliphatic carbocycles. The second-order valence-electron chi connectivity index (χ2n) is 10.6. The maximum Gasteiger partial charge on any atom is 0.229 e. The Morgan fingerprint density at radius 1 is 1.14 bits per heavy atom. The lowest BCUT2D eigenvalue weighted by Gasteiger charge is -2.47. The van der Waals surface area contributed by atoms with Gasteiger partial charge in [-0.15, -0.1) is 5.10 Å². The van der Waals surface area contributed by atoms with Crippen LogP contribution in [0.15, 0.2) is 18.3 Å². The van der Waals surface area contributed by atoms with Crippen molar-refractivity contribution in [3.63, 3.8) is 0 Å². The van der Waals surface area contributed by atoms with E-state index in [4.69, 9.17) is 0 Å². The number of piperidine rings is 1. The quantitative estimate of drug-likeness (QED) is 0.436. The molecule has 0 unspecified atom stereocenters. The van der Waals surface area contributed by atoms with Gasteiger partial charge in [0, 0.05) is 29.6 Å². The van der Waals surface area contributed by atoms with Gasteiger partial charge < -0.3 is 15.7 Å². The van der Waals surface area contributed by atoms with Crippen molar-refractivity contribution in [2.75, 3.05) is 17.2 Å². The summed E-state index contributed by atoms with van der Waals surface area (Å²) in [5.41, 5.74) is 0.262. The van der Waals surface area contributed by atoms with E-state index in [1.165, 1.54) is 17.2 Å². The van der Waals surface area contributed by atoms with Gasteiger partial charge in [0.15, 0.2) is 23.3 Å². The third kappa shape index (κ3) is 4.23. The number of nitrogens with one attached hydrogen (secondary N) is 2. The molecule has 2 aromatic heterocycles. The highest BCUT2D eigenvalue weighted by Crippen LogP contribution is 2.41. The van der Waals surface area contributed by atoms with E-state index in [0.717, 1.165) is 50.9 Å². The molecule has 12 heteroatoms. The van der Waals surface area contributed by atoms with Gasteiger partial charge in [0.1, 0.15) is 11.4 Å². The van der Waals surface area contributed by atoms with Crippen LogP contribution in [-0.4, -0.2) is 64.3 Å². The molecule has 2 aliphatic heterocycles. The number of hydrogen-bond donors (Lipinski definition) is 3. The van der Waals surface area contributed by atoms with Crippen molar-refractivity contribution in [3.05, 3.63) is 35.8 Å². The minimum absolute atomic E-state index is 0.0120. The molecule has 0 spiro atoms. The number of benzene rings is 1. The number of fused-ring (bicyclic) bond motifs is 1. The number of rotatable bonds is 6. The zero-order chi connectivity index (χ0) is 25.0. The standard InChI is InChI=1S/C24H29F2N9O/c1-24(2)11-14(8-15-4-3-7-34(15)24)28-21-17(26)12-27-23(30-21)29-18-10-19(20(36)9-16(18)25)35-22(13-5-6-13)31-32-33-35/h9-10,12-15,36H,3-8,11H2,1-2H3,(H2,27,28,29,30)/t14-,15-/m1/s1. The molecular formula is C24H29F2N9O. The van der Waals surface area contributed by atoms with Crippen molar-refractivity contribution < 1.29 is 13.9 Å². The second-order valence-corrected chi connectivity index (χ2v) is 10.6. The van der Waals surface area contributed by atoms with Crippen LogP contribution in [0.4, 0.5) is 26.2 Å². The minimum Gasteiger partial charge on any atom is -0.506 e. The first-order chi connectivity index (χ1) is 17.3. The molecule has 1 aromatic carbocycles. The molecule has 3 N–H and O–H groups in total. The van der Waals surface area contributed by atoms with Gasteiger partial charge in [-0.05, 0) is 75.4 Å². The molecule has 36 heavy (non-hydrogen) atoms. The molecule has 190 valence electrons. The number of tetrazole rings is 1. The number of aromatic nitrogens is 6. The summed E-state index contributed by atoms with van der Waals surface area (Å²) >= 11 is 0. The highest BCUT2D eigenvalue weighted by atomic mass is 19.1. The summed E-state index contributed by atoms with van der Waals surface area (Å²) in [7, 11) is 0. The summed E-state index contributed by atoms with van der Waals surface area (Å²) in [5, 5.41) is 28.2. The summed E-state index contributed by atoms with van der Waals surface area (Å²) in [6.07, 6.45) is 7.10. The fraction of sp³-hybridized carbons (Fsp3) is 0.542. The largest absolute Gasteiger partial charge is 0.506 e. The van der Waals surface area contributed by atoms with Gasteiger partial charge in [-0.3, -0.25) is 4.90 Å². The van der Waals surface area contributed by atoms with Crippen LogP contribution in [0.5, 0.6) is 5.75 Å². The predicted octanol–water partition coefficient (Wildman–Crippen LogP) is 3.87. The maximum absolute atomic E-state index is 14.8. The summed E-state index contributed by atoms with van der Waals surface area (Å²) < 4.78 is 30.8. The molecule has 3 fully saturated rings. The van der Waals surface area contributed by atoms with E-state index in [1.807, 2.05) is 0 Å². The Kier molecular flexibility index (Phi) is 5.51. The molecule has 1 saturated carbocycles. The van der Waals surface area contributed by atoms with E-state index in [2.05, 4.69) is 54.9 Å². The number of phenols is 1. The van der Waals surface area contributed by atoms with E-state index in [0.29, 0.717) is 11.9 Å². The van der Waals surface area contributed by atoms with E-state index in [1.54, 1.807) is 0 Å². The third-order valence-corrected chi connectivity index (χ3v) is 7.52. The van der Waals surface area contributed by atoms with Crippen molar-refractivity contribution >= 4 is 17.5 Å². The number of aromatic hydroxyl groups is 1. The Labute approximate surface area is 207 Å². The molecule has 3 aliphatic rings. The zero-order valence-corrected chi connectivity index (χ0v) is 20.2. The molecule has 0 bridgehead atoms. The zero-order valence-electron chi connectivity index (χ0n) is 20.2. The van der Waals surface area contributed by atoms with Crippen LogP contribution in [0, 0.1) is 11.6 Å². The number of hydrogen-bond acceptors (Lipinski definition) is 9. The summed E-state index contributed by atoms with van der Waals surface area (Å²) in [4.78, 5) is 10.9. The Hall–Kier alpha value is -3.41. The highest BCUT2D eigenvalue weighted by molar-refractivity contribution is 5.63. The number of nitrogens with zero attached hydrogens (tertiary/aromatic N) is 7. The molecule has 0 amide bonds. The van der Waals surface area contributed by atoms with Crippen LogP contribution in [-0.2, 0) is 0 Å². The maximum atomic E-state index is 14.8. The van der Waals surface area contributed by atoms with Gasteiger partial charge in [0.05, 0.1) is 11.9 Å². The summed E-state index contributed by atoms with van der Waals surface area (Å²) in [6.45, 7) is 5.56. The van der Waals surface area contributed by atoms with Gasteiger partial charge in [-0.2, -0.15) is 9.67 Å². The van der Waals surface area contributed by atoms with Gasteiger partial charge in [-0.25, -0.2) is 13.8 Å². The molecule has 2 saturated heterocycles. The van der Waals surface area contributed by atoms with Gasteiger partial charge in [0.2, 0.25) is 5.95 Å². The third-order valence-electron chi connectivity index (χ3n) is 7.52. The van der Waals surface area contributed by atoms with E-state index in [9.17, 15) is 13.9 Å². The smallest absolute Gasteiger partial charge is 0.229 e. The SMILES string of the molecule is CC1(C)C[C@H](Nc2nc(Nc3cc(-n4nnnc4C4CC4)c(O)cc3F)ncc2F)C[C@H]2CCCN21. The Morgan fingerprint density at radius 2 is 1.97 bits per heavy atom. The van der Waals surface area contributed by atoms with Gasteiger partial charge in [0.25, 0.3) is 0 Å². The lowest BCUT2D eigenvalue weighted by molar-refractivity contribution is 0.0500. The Balaban J connectivity index is 1.24. The molecule has 3 aromatic rings. The van der Waals surface area contributed by atoms with E-state index >= 15 is 0 Å². The van der Waals surface area contributed by atoms with Gasteiger partial charge in [-0.1, -0.05) is 0 Å². The first-order valence-corrected chi connectivity index (χ1v) is 12.4. The van der Waals surface area contributed by atoms with Crippen molar-refractivity contribution in [1.29, 1.82) is 0 Å². The highest BCUT2D eigenvalue weighted by Gasteiger charge is 2.43. The molecule has 2 atom stereocenters. The number of halogens is 2. The Bertz CT molecular complexity index is 1290. The van der Waals surface area contributed by atoms with Crippen LogP contribution >= 0.6 is 0 Å². The normalized spacial score (nSPS) is 23.4. The van der Waals surface area contributed by atoms with Crippen LogP contribution in [0.1, 0.15) is 64.1 Å². The Morgan fingerprint density at radius 3 is 2.78 bits per heavy atom. The van der Waals surface area contributed by atoms with Gasteiger partial charge >= 0.3 is 0 Å². The molecule has 4 heterocycles. The van der Waals surface area contributed by atoms with Crippen molar-refractivity contribution in [3.8, 4) is 11.4 Å². The van der Waals surface area contributed by atoms with Crippen molar-refractivity contribution in [1.82, 2.24) is 35.1 Å². The predicted molar refractivity (Wildman–Crippen MR) is 128 cm³/mol. The lowest BCUT2D eigenvalue weighted by atomic mass is 9.84. The number of phenolic OH excluding ortho intramolecular Hbond substituents is 1. The van der Waals surface area contributed by atoms with Crippen molar-refractivity contribution in [2.45, 2.75) is 75.9 Å². The molecular weight excluding hydrogens is 468 g/mol. The van der Waals surface area contributed by atoms with Crippen LogP contribution in [0.25, 0.3) is 5.69 Å². The first kappa shape index (κ1) is 23.0. The first-order valence-electron chi connectivity index (χ1n) is 12.4. The fourth-order valence-corrected chi connectivity index (χ4v) is 5.74. The molecule has 10 nitrogen and oxygen atoms in total. The van der Waals surface area contributed by atoms with Crippen LogP contribution < -0.4 is 10.6 Å². The lowest BCUT2D eigenvalue weighted by Crippen LogP contribution is -2.55. The average molecular weight is 498 g/mol. The number of anilines is 3. The fourth-order valence-electron chi connectivity index (χ4n) is 5.74. The van der Waals surface area contributed by atoms with E-state index in [-0.39, 0.29) is 46.4 Å². The summed E-state index contributed by atoms with van der Waals surface area (Å²) in [5.74, 6) is -0.631. The second kappa shape index (κ2) is 8.61. The van der Waals surface area contributed by atoms with E-state index < -0.39 is 11.6 Å². The average Bonchev–Trinajstić information content (AvgIpc) is 3.34. The van der Waals surface area contributed by atoms with Crippen LogP contribution in [0.3, 0.4) is 0 Å². The summed E-state index contributed by atoms with van der Waals surface area (Å²) in [6, 6.07) is 2.92.